The first-order valence-electron chi connectivity index (χ1n) is 7.55. The first-order chi connectivity index (χ1) is 8.32. The third-order valence-corrected chi connectivity index (χ3v) is 4.92. The quantitative estimate of drug-likeness (QED) is 0.746. The monoisotopic (exact) mass is 253 g/mol. The van der Waals surface area contributed by atoms with E-state index < -0.39 is 0 Å². The molecule has 1 saturated carbocycles. The summed E-state index contributed by atoms with van der Waals surface area (Å²) in [7, 11) is 2.16. The molecule has 0 bridgehead atoms. The summed E-state index contributed by atoms with van der Waals surface area (Å²) in [6, 6.07) is 0.553. The Bertz CT molecular complexity index is 272. The van der Waals surface area contributed by atoms with Crippen LogP contribution in [0.15, 0.2) is 0 Å². The van der Waals surface area contributed by atoms with Gasteiger partial charge in [-0.15, -0.1) is 0 Å². The average Bonchev–Trinajstić information content (AvgIpc) is 2.30. The lowest BCUT2D eigenvalue weighted by molar-refractivity contribution is -0.126. The van der Waals surface area contributed by atoms with E-state index in [1.54, 1.807) is 0 Å². The molecule has 0 radical (unpaired) electrons. The van der Waals surface area contributed by atoms with E-state index in [4.69, 9.17) is 0 Å². The Morgan fingerprint density at radius 3 is 2.33 bits per heavy atom. The van der Waals surface area contributed by atoms with Crippen LogP contribution in [-0.4, -0.2) is 30.3 Å². The average molecular weight is 253 g/mol. The van der Waals surface area contributed by atoms with Gasteiger partial charge in [-0.25, -0.2) is 0 Å². The first-order valence-corrected chi connectivity index (χ1v) is 7.55. The molecule has 3 atom stereocenters. The zero-order chi connectivity index (χ0) is 13.9. The summed E-state index contributed by atoms with van der Waals surface area (Å²) in [6.45, 7) is 12.3. The van der Waals surface area contributed by atoms with Crippen molar-refractivity contribution in [2.75, 3.05) is 13.6 Å². The molecular formula is C16H31NO. The van der Waals surface area contributed by atoms with E-state index in [9.17, 15) is 4.79 Å². The summed E-state index contributed by atoms with van der Waals surface area (Å²) in [6.07, 6.45) is 3.01. The summed E-state index contributed by atoms with van der Waals surface area (Å²) < 4.78 is 0. The molecular weight excluding hydrogens is 222 g/mol. The molecule has 1 fully saturated rings. The summed E-state index contributed by atoms with van der Waals surface area (Å²) in [5, 5.41) is 0. The van der Waals surface area contributed by atoms with Crippen molar-refractivity contribution in [3.05, 3.63) is 0 Å². The van der Waals surface area contributed by atoms with Gasteiger partial charge >= 0.3 is 0 Å². The van der Waals surface area contributed by atoms with Gasteiger partial charge in [0.05, 0.1) is 0 Å². The smallest absolute Gasteiger partial charge is 0.137 e. The van der Waals surface area contributed by atoms with Gasteiger partial charge in [0.25, 0.3) is 0 Å². The normalized spacial score (nSPS) is 27.3. The molecule has 2 nitrogen and oxygen atoms in total. The first kappa shape index (κ1) is 15.7. The number of carbonyl (C=O) groups excluding carboxylic acids is 1. The van der Waals surface area contributed by atoms with Crippen LogP contribution in [0.2, 0.25) is 0 Å². The fourth-order valence-electron chi connectivity index (χ4n) is 2.95. The minimum Gasteiger partial charge on any atom is -0.303 e. The van der Waals surface area contributed by atoms with Crippen LogP contribution in [0.25, 0.3) is 0 Å². The second-order valence-corrected chi connectivity index (χ2v) is 6.87. The van der Waals surface area contributed by atoms with Crippen molar-refractivity contribution in [3.8, 4) is 0 Å². The van der Waals surface area contributed by atoms with Gasteiger partial charge in [-0.2, -0.15) is 0 Å². The van der Waals surface area contributed by atoms with Crippen LogP contribution in [0.4, 0.5) is 0 Å². The van der Waals surface area contributed by atoms with Crippen LogP contribution >= 0.6 is 0 Å². The van der Waals surface area contributed by atoms with Crippen molar-refractivity contribution >= 4 is 5.78 Å². The molecule has 0 heterocycles. The molecule has 18 heavy (non-hydrogen) atoms. The number of carbonyl (C=O) groups is 1. The molecule has 1 aliphatic carbocycles. The van der Waals surface area contributed by atoms with Gasteiger partial charge in [-0.3, -0.25) is 4.79 Å². The van der Waals surface area contributed by atoms with Crippen LogP contribution < -0.4 is 0 Å². The standard InChI is InChI=1S/C16H31NO/c1-11(2)13(5)17(6)10-15-9-14(12(3)4)7-8-16(15)18/h11-15H,7-10H2,1-6H3. The van der Waals surface area contributed by atoms with Crippen molar-refractivity contribution in [2.45, 2.75) is 59.9 Å². The molecule has 2 heteroatoms. The highest BCUT2D eigenvalue weighted by Crippen LogP contribution is 2.32. The summed E-state index contributed by atoms with van der Waals surface area (Å²) >= 11 is 0. The second-order valence-electron chi connectivity index (χ2n) is 6.87. The Morgan fingerprint density at radius 1 is 1.22 bits per heavy atom. The lowest BCUT2D eigenvalue weighted by Gasteiger charge is -2.35. The van der Waals surface area contributed by atoms with Gasteiger partial charge < -0.3 is 4.90 Å². The zero-order valence-corrected chi connectivity index (χ0v) is 13.1. The van der Waals surface area contributed by atoms with Gasteiger partial charge in [-0.05, 0) is 44.6 Å². The van der Waals surface area contributed by atoms with Crippen molar-refractivity contribution in [3.63, 3.8) is 0 Å². The van der Waals surface area contributed by atoms with Crippen LogP contribution in [0, 0.1) is 23.7 Å². The summed E-state index contributed by atoms with van der Waals surface area (Å²) in [5.74, 6) is 2.88. The van der Waals surface area contributed by atoms with Gasteiger partial charge in [0, 0.05) is 24.9 Å². The highest BCUT2D eigenvalue weighted by atomic mass is 16.1. The van der Waals surface area contributed by atoms with E-state index >= 15 is 0 Å². The number of rotatable bonds is 5. The molecule has 0 aliphatic heterocycles. The predicted molar refractivity (Wildman–Crippen MR) is 77.6 cm³/mol. The van der Waals surface area contributed by atoms with Crippen molar-refractivity contribution in [1.29, 1.82) is 0 Å². The largest absolute Gasteiger partial charge is 0.303 e. The predicted octanol–water partition coefficient (Wildman–Crippen LogP) is 3.60. The summed E-state index contributed by atoms with van der Waals surface area (Å²) in [5.41, 5.74) is 0. The number of hydrogen-bond donors (Lipinski definition) is 0. The van der Waals surface area contributed by atoms with Crippen LogP contribution in [0.3, 0.4) is 0 Å². The second kappa shape index (κ2) is 6.70. The van der Waals surface area contributed by atoms with E-state index in [1.165, 1.54) is 0 Å². The van der Waals surface area contributed by atoms with Gasteiger partial charge in [0.1, 0.15) is 5.78 Å². The van der Waals surface area contributed by atoms with Crippen molar-refractivity contribution in [1.82, 2.24) is 4.90 Å². The van der Waals surface area contributed by atoms with E-state index in [2.05, 4.69) is 46.6 Å². The molecule has 0 spiro atoms. The molecule has 0 saturated heterocycles. The third-order valence-electron chi connectivity index (χ3n) is 4.92. The summed E-state index contributed by atoms with van der Waals surface area (Å²) in [4.78, 5) is 14.4. The molecule has 3 unspecified atom stereocenters. The van der Waals surface area contributed by atoms with Crippen molar-refractivity contribution in [2.24, 2.45) is 23.7 Å². The number of Topliss-reactive ketones (excluding diaryl/α,β-unsaturated/α-hetero) is 1. The highest BCUT2D eigenvalue weighted by molar-refractivity contribution is 5.82. The van der Waals surface area contributed by atoms with E-state index in [0.29, 0.717) is 23.7 Å². The molecule has 1 rings (SSSR count). The molecule has 0 aromatic heterocycles. The number of hydrogen-bond acceptors (Lipinski definition) is 2. The molecule has 106 valence electrons. The Labute approximate surface area is 113 Å². The lowest BCUT2D eigenvalue weighted by Crippen LogP contribution is -2.41. The fourth-order valence-corrected chi connectivity index (χ4v) is 2.95. The topological polar surface area (TPSA) is 20.3 Å². The Kier molecular flexibility index (Phi) is 5.84. The van der Waals surface area contributed by atoms with E-state index in [0.717, 1.165) is 31.7 Å². The van der Waals surface area contributed by atoms with Gasteiger partial charge in [-0.1, -0.05) is 27.7 Å². The molecule has 0 N–H and O–H groups in total. The molecule has 0 aromatic carbocycles. The van der Waals surface area contributed by atoms with E-state index in [-0.39, 0.29) is 5.92 Å². The van der Waals surface area contributed by atoms with Crippen LogP contribution in [-0.2, 0) is 4.79 Å². The third kappa shape index (κ3) is 4.08. The maximum Gasteiger partial charge on any atom is 0.137 e. The number of nitrogens with zero attached hydrogens (tertiary/aromatic N) is 1. The van der Waals surface area contributed by atoms with Crippen LogP contribution in [0.5, 0.6) is 0 Å². The Balaban J connectivity index is 2.56. The van der Waals surface area contributed by atoms with Crippen molar-refractivity contribution < 1.29 is 4.79 Å². The highest BCUT2D eigenvalue weighted by Gasteiger charge is 2.31. The van der Waals surface area contributed by atoms with E-state index in [1.807, 2.05) is 0 Å². The zero-order valence-electron chi connectivity index (χ0n) is 13.1. The van der Waals surface area contributed by atoms with Gasteiger partial charge in [0.15, 0.2) is 0 Å². The SMILES string of the molecule is CC(C)C1CCC(=O)C(CN(C)C(C)C(C)C)C1. The van der Waals surface area contributed by atoms with Gasteiger partial charge in [0.2, 0.25) is 0 Å². The lowest BCUT2D eigenvalue weighted by atomic mass is 9.75. The minimum absolute atomic E-state index is 0.275. The maximum absolute atomic E-state index is 12.1. The molecule has 1 aliphatic rings. The number of ketones is 1. The fraction of sp³-hybridized carbons (Fsp3) is 0.938. The maximum atomic E-state index is 12.1. The van der Waals surface area contributed by atoms with Crippen LogP contribution in [0.1, 0.15) is 53.9 Å². The molecule has 0 amide bonds. The Hall–Kier alpha value is -0.370. The minimum atomic E-state index is 0.275. The Morgan fingerprint density at radius 2 is 1.83 bits per heavy atom. The molecule has 0 aromatic rings.